The minimum absolute atomic E-state index is 0.147. The number of halogens is 2. The molecule has 0 amide bonds. The maximum absolute atomic E-state index is 13.7. The highest BCUT2D eigenvalue weighted by Gasteiger charge is 2.30. The van der Waals surface area contributed by atoms with Gasteiger partial charge in [-0.25, -0.2) is 17.2 Å². The highest BCUT2D eigenvalue weighted by atomic mass is 32.2. The van der Waals surface area contributed by atoms with Gasteiger partial charge in [0.15, 0.2) is 4.90 Å². The summed E-state index contributed by atoms with van der Waals surface area (Å²) in [6.07, 6.45) is 1.13. The molecule has 4 nitrogen and oxygen atoms in total. The molecule has 0 aliphatic heterocycles. The average molecular weight is 292 g/mol. The molecule has 0 saturated carbocycles. The lowest BCUT2D eigenvalue weighted by atomic mass is 10.3. The monoisotopic (exact) mass is 292 g/mol. The lowest BCUT2D eigenvalue weighted by Crippen LogP contribution is -2.33. The number of rotatable bonds is 6. The summed E-state index contributed by atoms with van der Waals surface area (Å²) in [6, 6.07) is 1.62. The number of anilines is 1. The fourth-order valence-electron chi connectivity index (χ4n) is 1.81. The van der Waals surface area contributed by atoms with E-state index < -0.39 is 26.6 Å². The van der Waals surface area contributed by atoms with E-state index >= 15 is 0 Å². The van der Waals surface area contributed by atoms with Crippen LogP contribution in [0.1, 0.15) is 26.7 Å². The fourth-order valence-corrected chi connectivity index (χ4v) is 3.52. The van der Waals surface area contributed by atoms with Crippen LogP contribution < -0.4 is 5.73 Å². The van der Waals surface area contributed by atoms with E-state index in [2.05, 4.69) is 0 Å². The lowest BCUT2D eigenvalue weighted by molar-refractivity contribution is 0.401. The van der Waals surface area contributed by atoms with E-state index in [1.165, 1.54) is 0 Å². The summed E-state index contributed by atoms with van der Waals surface area (Å²) in [6.45, 7) is 4.04. The Kier molecular flexibility index (Phi) is 5.25. The molecule has 0 spiro atoms. The Morgan fingerprint density at radius 3 is 1.89 bits per heavy atom. The highest BCUT2D eigenvalue weighted by Crippen LogP contribution is 2.25. The molecule has 0 saturated heterocycles. The van der Waals surface area contributed by atoms with E-state index in [0.29, 0.717) is 12.8 Å². The van der Waals surface area contributed by atoms with Crippen LogP contribution in [0, 0.1) is 11.6 Å². The van der Waals surface area contributed by atoms with Gasteiger partial charge in [-0.15, -0.1) is 0 Å². The van der Waals surface area contributed by atoms with Crippen molar-refractivity contribution in [3.63, 3.8) is 0 Å². The van der Waals surface area contributed by atoms with Gasteiger partial charge in [0.1, 0.15) is 11.6 Å². The summed E-state index contributed by atoms with van der Waals surface area (Å²) in [5.74, 6) is -2.32. The molecule has 2 N–H and O–H groups in total. The maximum atomic E-state index is 13.7. The van der Waals surface area contributed by atoms with Gasteiger partial charge < -0.3 is 5.73 Å². The molecule has 1 aromatic carbocycles. The van der Waals surface area contributed by atoms with E-state index in [4.69, 9.17) is 5.73 Å². The van der Waals surface area contributed by atoms with Gasteiger partial charge in [0.2, 0.25) is 10.0 Å². The first-order valence-electron chi connectivity index (χ1n) is 6.09. The van der Waals surface area contributed by atoms with Crippen molar-refractivity contribution in [3.05, 3.63) is 23.8 Å². The minimum Gasteiger partial charge on any atom is -0.399 e. The zero-order valence-electron chi connectivity index (χ0n) is 11.0. The van der Waals surface area contributed by atoms with Crippen molar-refractivity contribution in [2.24, 2.45) is 0 Å². The molecule has 7 heteroatoms. The quantitative estimate of drug-likeness (QED) is 0.819. The third-order valence-corrected chi connectivity index (χ3v) is 4.52. The summed E-state index contributed by atoms with van der Waals surface area (Å²) in [5.41, 5.74) is 5.13. The van der Waals surface area contributed by atoms with Crippen molar-refractivity contribution in [1.82, 2.24) is 4.31 Å². The summed E-state index contributed by atoms with van der Waals surface area (Å²) < 4.78 is 53.1. The van der Waals surface area contributed by atoms with E-state index in [-0.39, 0.29) is 18.8 Å². The number of hydrogen-bond acceptors (Lipinski definition) is 3. The largest absolute Gasteiger partial charge is 0.399 e. The molecule has 1 rings (SSSR count). The summed E-state index contributed by atoms with van der Waals surface area (Å²) in [4.78, 5) is -0.927. The van der Waals surface area contributed by atoms with Crippen LogP contribution in [0.3, 0.4) is 0 Å². The molecule has 0 aromatic heterocycles. The van der Waals surface area contributed by atoms with Crippen molar-refractivity contribution in [1.29, 1.82) is 0 Å². The van der Waals surface area contributed by atoms with Crippen LogP contribution >= 0.6 is 0 Å². The van der Waals surface area contributed by atoms with Crippen LogP contribution in [0.4, 0.5) is 14.5 Å². The first-order valence-corrected chi connectivity index (χ1v) is 7.53. The number of hydrogen-bond donors (Lipinski definition) is 1. The van der Waals surface area contributed by atoms with Crippen molar-refractivity contribution >= 4 is 15.7 Å². The van der Waals surface area contributed by atoms with E-state index in [9.17, 15) is 17.2 Å². The van der Waals surface area contributed by atoms with Crippen LogP contribution in [0.2, 0.25) is 0 Å². The van der Waals surface area contributed by atoms with Crippen molar-refractivity contribution < 1.29 is 17.2 Å². The molecule has 0 unspecified atom stereocenters. The molecular formula is C12H18F2N2O2S. The van der Waals surface area contributed by atoms with Crippen LogP contribution in [-0.2, 0) is 10.0 Å². The topological polar surface area (TPSA) is 63.4 Å². The molecule has 0 bridgehead atoms. The number of nitrogen functional groups attached to an aromatic ring is 1. The van der Waals surface area contributed by atoms with E-state index in [0.717, 1.165) is 16.4 Å². The second-order valence-corrected chi connectivity index (χ2v) is 6.09. The predicted octanol–water partition coefficient (Wildman–Crippen LogP) is 2.36. The minimum atomic E-state index is -4.18. The maximum Gasteiger partial charge on any atom is 0.248 e. The van der Waals surface area contributed by atoms with Crippen LogP contribution in [-0.4, -0.2) is 25.8 Å². The average Bonchev–Trinajstić information content (AvgIpc) is 2.26. The van der Waals surface area contributed by atoms with Gasteiger partial charge in [0, 0.05) is 18.8 Å². The highest BCUT2D eigenvalue weighted by molar-refractivity contribution is 7.89. The van der Waals surface area contributed by atoms with Gasteiger partial charge in [-0.3, -0.25) is 0 Å². The molecule has 0 aliphatic rings. The first kappa shape index (κ1) is 15.8. The Labute approximate surface area is 112 Å². The smallest absolute Gasteiger partial charge is 0.248 e. The van der Waals surface area contributed by atoms with E-state index in [1.807, 2.05) is 0 Å². The van der Waals surface area contributed by atoms with Gasteiger partial charge in [-0.1, -0.05) is 13.8 Å². The Hall–Kier alpha value is -1.21. The Morgan fingerprint density at radius 1 is 1.11 bits per heavy atom. The lowest BCUT2D eigenvalue weighted by Gasteiger charge is -2.21. The van der Waals surface area contributed by atoms with Gasteiger partial charge in [-0.05, 0) is 25.0 Å². The zero-order valence-corrected chi connectivity index (χ0v) is 11.8. The second-order valence-electron chi connectivity index (χ2n) is 4.22. The normalized spacial score (nSPS) is 12.1. The molecule has 19 heavy (non-hydrogen) atoms. The standard InChI is InChI=1S/C12H18F2N2O2S/c1-3-5-16(6-4-2)19(17,18)12-10(13)7-9(15)8-11(12)14/h7-8H,3-6,15H2,1-2H3. The van der Waals surface area contributed by atoms with Crippen LogP contribution in [0.5, 0.6) is 0 Å². The SMILES string of the molecule is CCCN(CCC)S(=O)(=O)c1c(F)cc(N)cc1F. The summed E-state index contributed by atoms with van der Waals surface area (Å²) in [5, 5.41) is 0. The molecule has 108 valence electrons. The Morgan fingerprint density at radius 2 is 1.53 bits per heavy atom. The van der Waals surface area contributed by atoms with E-state index in [1.54, 1.807) is 13.8 Å². The first-order chi connectivity index (χ1) is 8.84. The zero-order chi connectivity index (χ0) is 14.6. The molecule has 1 aromatic rings. The van der Waals surface area contributed by atoms with Crippen molar-refractivity contribution in [2.45, 2.75) is 31.6 Å². The number of benzene rings is 1. The molecule has 0 atom stereocenters. The van der Waals surface area contributed by atoms with Crippen LogP contribution in [0.15, 0.2) is 17.0 Å². The van der Waals surface area contributed by atoms with Gasteiger partial charge >= 0.3 is 0 Å². The van der Waals surface area contributed by atoms with Crippen LogP contribution in [0.25, 0.3) is 0 Å². The van der Waals surface area contributed by atoms with Gasteiger partial charge in [-0.2, -0.15) is 4.31 Å². The number of nitrogens with zero attached hydrogens (tertiary/aromatic N) is 1. The summed E-state index contributed by atoms with van der Waals surface area (Å²) >= 11 is 0. The third kappa shape index (κ3) is 3.42. The summed E-state index contributed by atoms with van der Waals surface area (Å²) in [7, 11) is -4.18. The number of nitrogens with two attached hydrogens (primary N) is 1. The van der Waals surface area contributed by atoms with Crippen molar-refractivity contribution in [3.8, 4) is 0 Å². The Bertz CT molecular complexity index is 518. The molecule has 0 fully saturated rings. The van der Waals surface area contributed by atoms with Crippen molar-refractivity contribution in [2.75, 3.05) is 18.8 Å². The number of sulfonamides is 1. The molecule has 0 heterocycles. The second kappa shape index (κ2) is 6.29. The molecule has 0 radical (unpaired) electrons. The Balaban J connectivity index is 3.33. The molecular weight excluding hydrogens is 274 g/mol. The third-order valence-electron chi connectivity index (χ3n) is 2.56. The van der Waals surface area contributed by atoms with Gasteiger partial charge in [0.25, 0.3) is 0 Å². The fraction of sp³-hybridized carbons (Fsp3) is 0.500. The predicted molar refractivity (Wildman–Crippen MR) is 70.1 cm³/mol. The van der Waals surface area contributed by atoms with Gasteiger partial charge in [0.05, 0.1) is 0 Å². The molecule has 0 aliphatic carbocycles.